The first-order valence-electron chi connectivity index (χ1n) is 11.3. The third-order valence-corrected chi connectivity index (χ3v) is 5.99. The van der Waals surface area contributed by atoms with Crippen LogP contribution in [0.25, 0.3) is 16.7 Å². The Labute approximate surface area is 201 Å². The number of aryl methyl sites for hydroxylation is 2. The Balaban J connectivity index is 1.55. The second-order valence-electron chi connectivity index (χ2n) is 8.53. The SMILES string of the molecule is COc1ccccc1CNC(=O)c1nc2c(=O)n(Cc3ccc(C)cc3)c3cc(C)ccc3n2n1. The molecule has 0 aliphatic rings. The molecule has 35 heavy (non-hydrogen) atoms. The fourth-order valence-electron chi connectivity index (χ4n) is 4.11. The maximum absolute atomic E-state index is 13.5. The van der Waals surface area contributed by atoms with Gasteiger partial charge in [0, 0.05) is 12.1 Å². The maximum atomic E-state index is 13.5. The molecule has 5 rings (SSSR count). The highest BCUT2D eigenvalue weighted by Gasteiger charge is 2.19. The average Bonchev–Trinajstić information content (AvgIpc) is 3.32. The Hall–Kier alpha value is -4.46. The number of aromatic nitrogens is 4. The van der Waals surface area contributed by atoms with Crippen molar-refractivity contribution in [1.82, 2.24) is 24.5 Å². The van der Waals surface area contributed by atoms with Gasteiger partial charge in [-0.25, -0.2) is 4.52 Å². The largest absolute Gasteiger partial charge is 0.496 e. The third-order valence-electron chi connectivity index (χ3n) is 5.99. The average molecular weight is 468 g/mol. The summed E-state index contributed by atoms with van der Waals surface area (Å²) < 4.78 is 8.49. The van der Waals surface area contributed by atoms with Crippen molar-refractivity contribution in [2.45, 2.75) is 26.9 Å². The quantitative estimate of drug-likeness (QED) is 0.412. The molecule has 0 aliphatic carbocycles. The van der Waals surface area contributed by atoms with Crippen molar-refractivity contribution in [3.63, 3.8) is 0 Å². The highest BCUT2D eigenvalue weighted by molar-refractivity contribution is 5.91. The molecule has 0 fully saturated rings. The number of carbonyl (C=O) groups excluding carboxylic acids is 1. The van der Waals surface area contributed by atoms with E-state index in [-0.39, 0.29) is 23.6 Å². The van der Waals surface area contributed by atoms with Gasteiger partial charge in [-0.1, -0.05) is 54.1 Å². The molecule has 8 heteroatoms. The molecule has 0 aliphatic heterocycles. The summed E-state index contributed by atoms with van der Waals surface area (Å²) in [5, 5.41) is 7.22. The van der Waals surface area contributed by atoms with Crippen molar-refractivity contribution in [3.05, 3.63) is 105 Å². The first-order chi connectivity index (χ1) is 16.9. The van der Waals surface area contributed by atoms with Crippen LogP contribution in [0.1, 0.15) is 32.9 Å². The lowest BCUT2D eigenvalue weighted by Crippen LogP contribution is -2.24. The van der Waals surface area contributed by atoms with Crippen LogP contribution >= 0.6 is 0 Å². The van der Waals surface area contributed by atoms with E-state index < -0.39 is 5.91 Å². The number of ether oxygens (including phenoxy) is 1. The number of carbonyl (C=O) groups is 1. The molecule has 0 radical (unpaired) electrons. The Morgan fingerprint density at radius 3 is 2.49 bits per heavy atom. The van der Waals surface area contributed by atoms with Gasteiger partial charge in [-0.15, -0.1) is 5.10 Å². The second-order valence-corrected chi connectivity index (χ2v) is 8.53. The first kappa shape index (κ1) is 22.3. The normalized spacial score (nSPS) is 11.2. The van der Waals surface area contributed by atoms with Gasteiger partial charge in [0.15, 0.2) is 0 Å². The fourth-order valence-corrected chi connectivity index (χ4v) is 4.11. The first-order valence-corrected chi connectivity index (χ1v) is 11.3. The molecule has 0 spiro atoms. The van der Waals surface area contributed by atoms with Crippen LogP contribution in [0.3, 0.4) is 0 Å². The van der Waals surface area contributed by atoms with Crippen LogP contribution in [0.4, 0.5) is 0 Å². The summed E-state index contributed by atoms with van der Waals surface area (Å²) in [5.41, 5.74) is 5.23. The number of benzene rings is 3. The van der Waals surface area contributed by atoms with Crippen molar-refractivity contribution in [2.24, 2.45) is 0 Å². The molecule has 0 bridgehead atoms. The predicted octanol–water partition coefficient (Wildman–Crippen LogP) is 3.65. The van der Waals surface area contributed by atoms with Crippen LogP contribution in [-0.2, 0) is 13.1 Å². The van der Waals surface area contributed by atoms with Crippen molar-refractivity contribution in [1.29, 1.82) is 0 Å². The molecule has 2 aromatic heterocycles. The van der Waals surface area contributed by atoms with Gasteiger partial charge in [0.25, 0.3) is 11.5 Å². The predicted molar refractivity (Wildman–Crippen MR) is 134 cm³/mol. The summed E-state index contributed by atoms with van der Waals surface area (Å²) in [7, 11) is 1.58. The summed E-state index contributed by atoms with van der Waals surface area (Å²) in [6.07, 6.45) is 0. The summed E-state index contributed by atoms with van der Waals surface area (Å²) in [4.78, 5) is 30.7. The molecule has 0 saturated carbocycles. The zero-order valence-electron chi connectivity index (χ0n) is 19.8. The lowest BCUT2D eigenvalue weighted by atomic mass is 10.1. The molecule has 8 nitrogen and oxygen atoms in total. The molecule has 1 amide bonds. The molecule has 0 unspecified atom stereocenters. The molecule has 2 heterocycles. The van der Waals surface area contributed by atoms with Gasteiger partial charge in [0.05, 0.1) is 24.7 Å². The number of hydrogen-bond donors (Lipinski definition) is 1. The number of amides is 1. The van der Waals surface area contributed by atoms with Crippen molar-refractivity contribution in [2.75, 3.05) is 7.11 Å². The standard InChI is InChI=1S/C27H25N5O3/c1-17-8-11-19(12-9-17)16-31-22-14-18(2)10-13-21(22)32-25(27(31)34)29-24(30-32)26(33)28-15-20-6-4-5-7-23(20)35-3/h4-14H,15-16H2,1-3H3,(H,28,33). The Morgan fingerprint density at radius 1 is 0.971 bits per heavy atom. The van der Waals surface area contributed by atoms with Gasteiger partial charge < -0.3 is 10.1 Å². The van der Waals surface area contributed by atoms with E-state index in [0.29, 0.717) is 17.8 Å². The minimum atomic E-state index is -0.468. The number of nitrogens with zero attached hydrogens (tertiary/aromatic N) is 4. The highest BCUT2D eigenvalue weighted by atomic mass is 16.5. The van der Waals surface area contributed by atoms with E-state index in [1.54, 1.807) is 11.7 Å². The van der Waals surface area contributed by atoms with Gasteiger partial charge in [-0.2, -0.15) is 4.98 Å². The summed E-state index contributed by atoms with van der Waals surface area (Å²) in [5.74, 6) is 0.146. The summed E-state index contributed by atoms with van der Waals surface area (Å²) in [6, 6.07) is 21.3. The van der Waals surface area contributed by atoms with Gasteiger partial charge >= 0.3 is 0 Å². The summed E-state index contributed by atoms with van der Waals surface area (Å²) in [6.45, 7) is 4.63. The molecular formula is C27H25N5O3. The number of fused-ring (bicyclic) bond motifs is 3. The van der Waals surface area contributed by atoms with Gasteiger partial charge in [-0.3, -0.25) is 14.2 Å². The van der Waals surface area contributed by atoms with Crippen molar-refractivity contribution < 1.29 is 9.53 Å². The van der Waals surface area contributed by atoms with E-state index in [0.717, 1.165) is 27.8 Å². The number of nitrogens with one attached hydrogen (secondary N) is 1. The van der Waals surface area contributed by atoms with E-state index in [1.165, 1.54) is 4.52 Å². The Kier molecular flexibility index (Phi) is 5.78. The minimum absolute atomic E-state index is 0.0630. The molecule has 0 saturated heterocycles. The Morgan fingerprint density at radius 2 is 1.71 bits per heavy atom. The number of rotatable bonds is 6. The van der Waals surface area contributed by atoms with Crippen LogP contribution in [0, 0.1) is 13.8 Å². The molecule has 0 atom stereocenters. The van der Waals surface area contributed by atoms with Crippen LogP contribution in [0.15, 0.2) is 71.5 Å². The van der Waals surface area contributed by atoms with Crippen LogP contribution in [0.2, 0.25) is 0 Å². The minimum Gasteiger partial charge on any atom is -0.496 e. The van der Waals surface area contributed by atoms with Crippen LogP contribution < -0.4 is 15.6 Å². The molecular weight excluding hydrogens is 442 g/mol. The maximum Gasteiger partial charge on any atom is 0.296 e. The second kappa shape index (κ2) is 9.06. The Bertz CT molecular complexity index is 1620. The lowest BCUT2D eigenvalue weighted by Gasteiger charge is -2.12. The van der Waals surface area contributed by atoms with Crippen molar-refractivity contribution in [3.8, 4) is 5.75 Å². The van der Waals surface area contributed by atoms with Gasteiger partial charge in [0.1, 0.15) is 5.75 Å². The van der Waals surface area contributed by atoms with E-state index in [1.807, 2.05) is 80.6 Å². The number of para-hydroxylation sites is 1. The molecule has 176 valence electrons. The van der Waals surface area contributed by atoms with Gasteiger partial charge in [-0.05, 0) is 43.2 Å². The highest BCUT2D eigenvalue weighted by Crippen LogP contribution is 2.19. The van der Waals surface area contributed by atoms with Crippen molar-refractivity contribution >= 4 is 22.6 Å². The topological polar surface area (TPSA) is 90.5 Å². The zero-order chi connectivity index (χ0) is 24.5. The number of hydrogen-bond acceptors (Lipinski definition) is 5. The smallest absolute Gasteiger partial charge is 0.296 e. The van der Waals surface area contributed by atoms with Gasteiger partial charge in [0.2, 0.25) is 11.5 Å². The molecule has 5 aromatic rings. The van der Waals surface area contributed by atoms with E-state index in [2.05, 4.69) is 15.4 Å². The van der Waals surface area contributed by atoms with E-state index in [4.69, 9.17) is 4.74 Å². The van der Waals surface area contributed by atoms with E-state index >= 15 is 0 Å². The lowest BCUT2D eigenvalue weighted by molar-refractivity contribution is 0.0940. The summed E-state index contributed by atoms with van der Waals surface area (Å²) >= 11 is 0. The third kappa shape index (κ3) is 4.26. The van der Waals surface area contributed by atoms with Crippen LogP contribution in [0.5, 0.6) is 5.75 Å². The monoisotopic (exact) mass is 467 g/mol. The molecule has 1 N–H and O–H groups in total. The van der Waals surface area contributed by atoms with E-state index in [9.17, 15) is 9.59 Å². The molecule has 3 aromatic carbocycles. The zero-order valence-corrected chi connectivity index (χ0v) is 19.8. The number of methoxy groups -OCH3 is 1. The van der Waals surface area contributed by atoms with Crippen LogP contribution in [-0.4, -0.2) is 32.2 Å². The fraction of sp³-hybridized carbons (Fsp3) is 0.185.